The number of hydrogen-bond donors (Lipinski definition) is 1. The minimum atomic E-state index is -0.336. The maximum Gasteiger partial charge on any atom is 0.257 e. The number of aromatic nitrogens is 5. The zero-order chi connectivity index (χ0) is 20.2. The second-order valence-corrected chi connectivity index (χ2v) is 6.37. The van der Waals surface area contributed by atoms with Gasteiger partial charge in [0.1, 0.15) is 5.82 Å². The van der Waals surface area contributed by atoms with Gasteiger partial charge in [0.25, 0.3) is 11.8 Å². The topological polar surface area (TPSA) is 98.7 Å². The van der Waals surface area contributed by atoms with Gasteiger partial charge in [0.15, 0.2) is 5.82 Å². The summed E-state index contributed by atoms with van der Waals surface area (Å²) >= 11 is 0. The molecule has 9 heteroatoms. The quantitative estimate of drug-likeness (QED) is 0.542. The molecule has 2 heterocycles. The maximum absolute atomic E-state index is 13.0. The van der Waals surface area contributed by atoms with Gasteiger partial charge in [-0.2, -0.15) is 20.0 Å². The van der Waals surface area contributed by atoms with Gasteiger partial charge in [-0.3, -0.25) is 4.79 Å². The Bertz CT molecular complexity index is 1120. The number of nitrogens with zero attached hydrogens (tertiary/aromatic N) is 5. The molecule has 0 spiro atoms. The molecule has 2 aromatic carbocycles. The Hall–Kier alpha value is -3.88. The smallest absolute Gasteiger partial charge is 0.257 e. The fourth-order valence-corrected chi connectivity index (χ4v) is 2.79. The van der Waals surface area contributed by atoms with Crippen molar-refractivity contribution in [3.05, 3.63) is 77.6 Å². The Morgan fingerprint density at radius 2 is 1.90 bits per heavy atom. The molecule has 1 amide bonds. The van der Waals surface area contributed by atoms with Crippen LogP contribution in [-0.4, -0.2) is 37.6 Å². The predicted octanol–water partition coefficient (Wildman–Crippen LogP) is 2.74. The first-order valence-electron chi connectivity index (χ1n) is 8.94. The van der Waals surface area contributed by atoms with Crippen LogP contribution in [0.1, 0.15) is 21.7 Å². The van der Waals surface area contributed by atoms with Gasteiger partial charge in [0.05, 0.1) is 23.6 Å². The standard InChI is InChI=1S/C20H17FN6O2/c1-13-2-7-17(27-23-10-11-24-27)16(12-13)19(28)22-9-8-18-25-20(29-26-18)14-3-5-15(21)6-4-14/h2-7,10-12H,8-9H2,1H3,(H,22,28). The third-order valence-electron chi connectivity index (χ3n) is 4.22. The molecule has 4 rings (SSSR count). The van der Waals surface area contributed by atoms with E-state index in [0.29, 0.717) is 41.5 Å². The van der Waals surface area contributed by atoms with Crippen molar-refractivity contribution >= 4 is 5.91 Å². The van der Waals surface area contributed by atoms with Crippen molar-refractivity contribution < 1.29 is 13.7 Å². The first-order chi connectivity index (χ1) is 14.1. The molecule has 2 aromatic heterocycles. The van der Waals surface area contributed by atoms with Crippen LogP contribution in [0.5, 0.6) is 0 Å². The van der Waals surface area contributed by atoms with Crippen LogP contribution in [0.2, 0.25) is 0 Å². The van der Waals surface area contributed by atoms with Crippen molar-refractivity contribution in [3.63, 3.8) is 0 Å². The lowest BCUT2D eigenvalue weighted by atomic mass is 10.1. The van der Waals surface area contributed by atoms with Crippen molar-refractivity contribution in [1.82, 2.24) is 30.5 Å². The summed E-state index contributed by atoms with van der Waals surface area (Å²) in [7, 11) is 0. The fraction of sp³-hybridized carbons (Fsp3) is 0.150. The Kier molecular flexibility index (Phi) is 5.10. The second-order valence-electron chi connectivity index (χ2n) is 6.37. The van der Waals surface area contributed by atoms with Crippen molar-refractivity contribution in [1.29, 1.82) is 0 Å². The Balaban J connectivity index is 1.41. The van der Waals surface area contributed by atoms with E-state index in [-0.39, 0.29) is 11.7 Å². The van der Waals surface area contributed by atoms with Crippen LogP contribution in [0.3, 0.4) is 0 Å². The number of benzene rings is 2. The van der Waals surface area contributed by atoms with Crippen LogP contribution in [0.25, 0.3) is 17.1 Å². The van der Waals surface area contributed by atoms with Crippen LogP contribution in [0.4, 0.5) is 4.39 Å². The van der Waals surface area contributed by atoms with Gasteiger partial charge in [-0.15, -0.1) is 0 Å². The lowest BCUT2D eigenvalue weighted by Gasteiger charge is -2.10. The van der Waals surface area contributed by atoms with Crippen molar-refractivity contribution in [2.24, 2.45) is 0 Å². The third kappa shape index (κ3) is 4.18. The molecule has 0 atom stereocenters. The lowest BCUT2D eigenvalue weighted by molar-refractivity contribution is 0.0953. The zero-order valence-corrected chi connectivity index (χ0v) is 15.5. The van der Waals surface area contributed by atoms with E-state index in [2.05, 4.69) is 25.7 Å². The largest absolute Gasteiger partial charge is 0.352 e. The monoisotopic (exact) mass is 392 g/mol. The van der Waals surface area contributed by atoms with E-state index < -0.39 is 0 Å². The Morgan fingerprint density at radius 3 is 2.66 bits per heavy atom. The average molecular weight is 392 g/mol. The predicted molar refractivity (Wildman–Crippen MR) is 102 cm³/mol. The molecule has 146 valence electrons. The molecule has 0 saturated heterocycles. The summed E-state index contributed by atoms with van der Waals surface area (Å²) in [6.07, 6.45) is 3.49. The number of amides is 1. The highest BCUT2D eigenvalue weighted by Gasteiger charge is 2.15. The molecule has 8 nitrogen and oxygen atoms in total. The molecule has 4 aromatic rings. The molecule has 0 radical (unpaired) electrons. The lowest BCUT2D eigenvalue weighted by Crippen LogP contribution is -2.27. The molecule has 1 N–H and O–H groups in total. The summed E-state index contributed by atoms with van der Waals surface area (Å²) in [5.41, 5.74) is 2.65. The number of hydrogen-bond acceptors (Lipinski definition) is 6. The van der Waals surface area contributed by atoms with Gasteiger partial charge in [-0.1, -0.05) is 16.8 Å². The summed E-state index contributed by atoms with van der Waals surface area (Å²) in [4.78, 5) is 18.4. The molecule has 0 aliphatic rings. The average Bonchev–Trinajstić information content (AvgIpc) is 3.41. The molecule has 0 bridgehead atoms. The summed E-state index contributed by atoms with van der Waals surface area (Å²) < 4.78 is 18.2. The highest BCUT2D eigenvalue weighted by molar-refractivity contribution is 5.97. The zero-order valence-electron chi connectivity index (χ0n) is 15.5. The minimum Gasteiger partial charge on any atom is -0.352 e. The number of aryl methyl sites for hydroxylation is 1. The molecule has 0 aliphatic carbocycles. The summed E-state index contributed by atoms with van der Waals surface area (Å²) in [5, 5.41) is 14.9. The van der Waals surface area contributed by atoms with Gasteiger partial charge in [-0.05, 0) is 43.3 Å². The van der Waals surface area contributed by atoms with Crippen LogP contribution < -0.4 is 5.32 Å². The van der Waals surface area contributed by atoms with E-state index in [1.807, 2.05) is 13.0 Å². The fourth-order valence-electron chi connectivity index (χ4n) is 2.79. The van der Waals surface area contributed by atoms with Crippen LogP contribution in [0, 0.1) is 12.7 Å². The second kappa shape index (κ2) is 8.01. The van der Waals surface area contributed by atoms with E-state index in [1.54, 1.807) is 36.7 Å². The molecule has 0 aliphatic heterocycles. The molecular formula is C20H17FN6O2. The first kappa shape index (κ1) is 18.5. The first-order valence-corrected chi connectivity index (χ1v) is 8.94. The minimum absolute atomic E-state index is 0.247. The van der Waals surface area contributed by atoms with E-state index in [9.17, 15) is 9.18 Å². The third-order valence-corrected chi connectivity index (χ3v) is 4.22. The molecule has 0 unspecified atom stereocenters. The highest BCUT2D eigenvalue weighted by atomic mass is 19.1. The summed E-state index contributed by atoms with van der Waals surface area (Å²) in [6.45, 7) is 2.23. The summed E-state index contributed by atoms with van der Waals surface area (Å²) in [5.74, 6) is 0.167. The van der Waals surface area contributed by atoms with Crippen molar-refractivity contribution in [2.45, 2.75) is 13.3 Å². The van der Waals surface area contributed by atoms with Crippen molar-refractivity contribution in [3.8, 4) is 17.1 Å². The van der Waals surface area contributed by atoms with Gasteiger partial charge in [-0.25, -0.2) is 4.39 Å². The highest BCUT2D eigenvalue weighted by Crippen LogP contribution is 2.18. The van der Waals surface area contributed by atoms with Crippen LogP contribution in [0.15, 0.2) is 59.4 Å². The molecule has 29 heavy (non-hydrogen) atoms. The van der Waals surface area contributed by atoms with E-state index in [1.165, 1.54) is 16.9 Å². The normalized spacial score (nSPS) is 10.8. The number of carbonyl (C=O) groups excluding carboxylic acids is 1. The van der Waals surface area contributed by atoms with E-state index >= 15 is 0 Å². The summed E-state index contributed by atoms with van der Waals surface area (Å²) in [6, 6.07) is 11.3. The van der Waals surface area contributed by atoms with Gasteiger partial charge in [0.2, 0.25) is 0 Å². The van der Waals surface area contributed by atoms with Gasteiger partial charge < -0.3 is 9.84 Å². The van der Waals surface area contributed by atoms with Crippen LogP contribution >= 0.6 is 0 Å². The SMILES string of the molecule is Cc1ccc(-n2nccn2)c(C(=O)NCCc2noc(-c3ccc(F)cc3)n2)c1. The van der Waals surface area contributed by atoms with Crippen LogP contribution in [-0.2, 0) is 6.42 Å². The Morgan fingerprint density at radius 1 is 1.14 bits per heavy atom. The number of halogens is 1. The maximum atomic E-state index is 13.0. The van der Waals surface area contributed by atoms with Gasteiger partial charge in [0, 0.05) is 18.5 Å². The number of rotatable bonds is 6. The van der Waals surface area contributed by atoms with E-state index in [4.69, 9.17) is 4.52 Å². The van der Waals surface area contributed by atoms with E-state index in [0.717, 1.165) is 5.56 Å². The van der Waals surface area contributed by atoms with Gasteiger partial charge >= 0.3 is 0 Å². The van der Waals surface area contributed by atoms with Crippen molar-refractivity contribution in [2.75, 3.05) is 6.54 Å². The number of carbonyl (C=O) groups is 1. The number of nitrogens with one attached hydrogen (secondary N) is 1. The molecule has 0 saturated carbocycles. The Labute approximate surface area is 165 Å². The molecular weight excluding hydrogens is 375 g/mol. The molecule has 0 fully saturated rings.